The monoisotopic (exact) mass is 1190 g/mol. The van der Waals surface area contributed by atoms with Crippen molar-refractivity contribution in [2.75, 3.05) is 9.80 Å². The van der Waals surface area contributed by atoms with Crippen molar-refractivity contribution in [3.05, 3.63) is 227 Å². The molecule has 5 nitrogen and oxygen atoms in total. The van der Waals surface area contributed by atoms with Gasteiger partial charge in [-0.15, -0.1) is 53.6 Å². The molecule has 0 amide bonds. The minimum absolute atomic E-state index is 0. The van der Waals surface area contributed by atoms with Crippen molar-refractivity contribution < 1.29 is 25.8 Å². The fourth-order valence-corrected chi connectivity index (χ4v) is 10.7. The number of nitrogens with zero attached hydrogens (tertiary/aromatic N) is 4. The summed E-state index contributed by atoms with van der Waals surface area (Å²) in [5.74, 6) is 2.60. The van der Waals surface area contributed by atoms with Gasteiger partial charge in [0.2, 0.25) is 0 Å². The third-order valence-corrected chi connectivity index (χ3v) is 15.5. The van der Waals surface area contributed by atoms with Gasteiger partial charge in [0.15, 0.2) is 0 Å². The molecule has 0 radical (unpaired) electrons. The molecule has 10 rings (SSSR count). The first-order chi connectivity index (χ1) is 35.9. The maximum absolute atomic E-state index is 7.18. The standard InChI is InChI=1S/C71H75N4O.Pt/c1-46(2)59-27-22-28-60(47(3)4)67(59)65-44-73(55-36-49(48-23-18-16-19-24-48)35-53(37-55)70(11,12)13)45-74(65)56-38-54(71(14,15)50-25-20-17-21-26-50)39-58(42-56)76-57-30-31-61-62-40-51(68(5,6)7)29-32-63(62)75(64(61)43-57)66-41-52(33-34-72-66)69(8,9)10;/h16-41,44-47H,1-15H3;/q-3;. The van der Waals surface area contributed by atoms with Crippen LogP contribution in [0.4, 0.5) is 11.4 Å². The first kappa shape index (κ1) is 55.1. The van der Waals surface area contributed by atoms with Crippen LogP contribution in [0.25, 0.3) is 44.4 Å². The number of hydrogen-bond donors (Lipinski definition) is 0. The first-order valence-corrected chi connectivity index (χ1v) is 27.2. The number of fused-ring (bicyclic) bond motifs is 3. The van der Waals surface area contributed by atoms with Crippen LogP contribution in [0.3, 0.4) is 0 Å². The molecule has 2 aromatic heterocycles. The molecule has 1 aliphatic rings. The van der Waals surface area contributed by atoms with E-state index in [0.29, 0.717) is 11.5 Å². The Labute approximate surface area is 474 Å². The van der Waals surface area contributed by atoms with E-state index in [2.05, 4.69) is 295 Å². The van der Waals surface area contributed by atoms with Crippen molar-refractivity contribution in [1.29, 1.82) is 0 Å². The third-order valence-electron chi connectivity index (χ3n) is 15.5. The summed E-state index contributed by atoms with van der Waals surface area (Å²) in [6.45, 7) is 36.5. The maximum atomic E-state index is 7.18. The second kappa shape index (κ2) is 20.9. The van der Waals surface area contributed by atoms with Crippen molar-refractivity contribution in [1.82, 2.24) is 9.55 Å². The molecule has 0 aliphatic carbocycles. The molecule has 0 saturated carbocycles. The van der Waals surface area contributed by atoms with Crippen LogP contribution in [-0.4, -0.2) is 9.55 Å². The van der Waals surface area contributed by atoms with Gasteiger partial charge in [-0.3, -0.25) is 0 Å². The molecule has 0 N–H and O–H groups in total. The zero-order chi connectivity index (χ0) is 54.1. The zero-order valence-electron chi connectivity index (χ0n) is 47.8. The third kappa shape index (κ3) is 11.0. The Kier molecular flexibility index (Phi) is 15.0. The quantitative estimate of drug-likeness (QED) is 0.121. The second-order valence-corrected chi connectivity index (χ2v) is 25.2. The Morgan fingerprint density at radius 3 is 1.79 bits per heavy atom. The molecule has 0 bridgehead atoms. The number of rotatable bonds is 11. The fraction of sp³-hybridized carbons (Fsp3) is 0.296. The summed E-state index contributed by atoms with van der Waals surface area (Å²) < 4.78 is 9.43. The molecule has 77 heavy (non-hydrogen) atoms. The SMILES string of the molecule is CC(C)c1cccc(C(C)C)c1C1=CN(c2cc(-c3ccccc3)cc(C(C)(C)C)c2)[CH-]N1c1[c-]c(Oc2[c-]c3c(cc2)c2cc(C(C)(C)C)ccc2n3-c2cc(C(C)(C)C)ccn2)cc(C(C)(C)c2ccccc2)c1.[Pt]. The smallest absolute Gasteiger partial charge is 0.135 e. The number of anilines is 2. The van der Waals surface area contributed by atoms with Gasteiger partial charge in [0.25, 0.3) is 0 Å². The van der Waals surface area contributed by atoms with Gasteiger partial charge < -0.3 is 19.1 Å². The van der Waals surface area contributed by atoms with E-state index in [9.17, 15) is 0 Å². The molecule has 1 aliphatic heterocycles. The Bertz CT molecular complexity index is 3610. The molecule has 0 fully saturated rings. The molecule has 0 unspecified atom stereocenters. The topological polar surface area (TPSA) is 33.5 Å². The van der Waals surface area contributed by atoms with Crippen LogP contribution in [-0.2, 0) is 42.7 Å². The van der Waals surface area contributed by atoms with Crippen LogP contribution >= 0.6 is 0 Å². The Hall–Kier alpha value is -6.68. The van der Waals surface area contributed by atoms with Gasteiger partial charge in [0.05, 0.1) is 0 Å². The Morgan fingerprint density at radius 2 is 1.16 bits per heavy atom. The largest absolute Gasteiger partial charge is 0.509 e. The van der Waals surface area contributed by atoms with E-state index >= 15 is 0 Å². The predicted molar refractivity (Wildman–Crippen MR) is 321 cm³/mol. The maximum Gasteiger partial charge on any atom is 0.135 e. The van der Waals surface area contributed by atoms with Gasteiger partial charge >= 0.3 is 0 Å². The average Bonchev–Trinajstić information content (AvgIpc) is 4.04. The van der Waals surface area contributed by atoms with E-state index in [1.165, 1.54) is 50.1 Å². The van der Waals surface area contributed by atoms with Crippen LogP contribution in [0, 0.1) is 18.8 Å². The van der Waals surface area contributed by atoms with E-state index in [0.717, 1.165) is 50.3 Å². The minimum atomic E-state index is -0.411. The first-order valence-electron chi connectivity index (χ1n) is 27.2. The van der Waals surface area contributed by atoms with Crippen LogP contribution in [0.1, 0.15) is 160 Å². The number of benzene rings is 7. The van der Waals surface area contributed by atoms with Crippen LogP contribution in [0.5, 0.6) is 11.5 Å². The van der Waals surface area contributed by atoms with Gasteiger partial charge in [0, 0.05) is 61.2 Å². The molecule has 398 valence electrons. The summed E-state index contributed by atoms with van der Waals surface area (Å²) >= 11 is 0. The van der Waals surface area contributed by atoms with Crippen molar-refractivity contribution in [2.24, 2.45) is 0 Å². The minimum Gasteiger partial charge on any atom is -0.509 e. The Balaban J connectivity index is 0.00000722. The molecular formula is C71H75N4OPt-3. The van der Waals surface area contributed by atoms with Gasteiger partial charge in [-0.25, -0.2) is 4.98 Å². The van der Waals surface area contributed by atoms with Crippen LogP contribution < -0.4 is 14.5 Å². The molecule has 6 heteroatoms. The van der Waals surface area contributed by atoms with Gasteiger partial charge in [-0.05, 0) is 120 Å². The molecule has 9 aromatic rings. The molecule has 0 spiro atoms. The fourth-order valence-electron chi connectivity index (χ4n) is 10.7. The van der Waals surface area contributed by atoms with Crippen molar-refractivity contribution in [2.45, 2.75) is 137 Å². The number of hydrogen-bond acceptors (Lipinski definition) is 4. The van der Waals surface area contributed by atoms with Gasteiger partial charge in [0.1, 0.15) is 5.82 Å². The van der Waals surface area contributed by atoms with Crippen molar-refractivity contribution in [3.8, 4) is 28.4 Å². The normalized spacial score (nSPS) is 13.5. The molecule has 0 saturated heterocycles. The second-order valence-electron chi connectivity index (χ2n) is 25.2. The average molecular weight is 1200 g/mol. The predicted octanol–water partition coefficient (Wildman–Crippen LogP) is 19.1. The summed E-state index contributed by atoms with van der Waals surface area (Å²) in [5.41, 5.74) is 16.7. The zero-order valence-corrected chi connectivity index (χ0v) is 50.1. The Morgan fingerprint density at radius 1 is 0.519 bits per heavy atom. The van der Waals surface area contributed by atoms with Crippen LogP contribution in [0.2, 0.25) is 0 Å². The van der Waals surface area contributed by atoms with Crippen LogP contribution in [0.15, 0.2) is 164 Å². The van der Waals surface area contributed by atoms with E-state index in [1.54, 1.807) is 0 Å². The van der Waals surface area contributed by atoms with Gasteiger partial charge in [-0.1, -0.05) is 206 Å². The molecule has 3 heterocycles. The van der Waals surface area contributed by atoms with Crippen molar-refractivity contribution >= 4 is 38.9 Å². The number of pyridine rings is 1. The summed E-state index contributed by atoms with van der Waals surface area (Å²) in [6.07, 6.45) is 4.27. The van der Waals surface area contributed by atoms with E-state index in [-0.39, 0.29) is 49.1 Å². The summed E-state index contributed by atoms with van der Waals surface area (Å²) in [4.78, 5) is 9.68. The molecule has 7 aromatic carbocycles. The summed E-state index contributed by atoms with van der Waals surface area (Å²) in [6, 6.07) is 63.0. The summed E-state index contributed by atoms with van der Waals surface area (Å²) in [5, 5.41) is 2.26. The van der Waals surface area contributed by atoms with Gasteiger partial charge in [-0.2, -0.15) is 6.07 Å². The van der Waals surface area contributed by atoms with E-state index in [1.807, 2.05) is 6.20 Å². The number of aromatic nitrogens is 2. The molecular weight excluding hydrogens is 1120 g/mol. The summed E-state index contributed by atoms with van der Waals surface area (Å²) in [7, 11) is 0. The van der Waals surface area contributed by atoms with E-state index in [4.69, 9.17) is 9.72 Å². The van der Waals surface area contributed by atoms with Crippen molar-refractivity contribution in [3.63, 3.8) is 0 Å². The number of ether oxygens (including phenoxy) is 1. The van der Waals surface area contributed by atoms with E-state index < -0.39 is 5.41 Å². The molecule has 0 atom stereocenters.